The van der Waals surface area contributed by atoms with Crippen LogP contribution in [0.3, 0.4) is 0 Å². The van der Waals surface area contributed by atoms with Crippen LogP contribution in [-0.2, 0) is 4.43 Å². The van der Waals surface area contributed by atoms with E-state index in [1.54, 1.807) is 0 Å². The Morgan fingerprint density at radius 3 is 1.95 bits per heavy atom. The predicted molar refractivity (Wildman–Crippen MR) is 102 cm³/mol. The van der Waals surface area contributed by atoms with Gasteiger partial charge in [0.05, 0.1) is 14.6 Å². The molecule has 0 rings (SSSR count). The van der Waals surface area contributed by atoms with Crippen molar-refractivity contribution in [1.29, 1.82) is 0 Å². The Hall–Kier alpha value is 0.744. The summed E-state index contributed by atoms with van der Waals surface area (Å²) in [5.74, 6) is 1.41. The van der Waals surface area contributed by atoms with Crippen molar-refractivity contribution in [2.24, 2.45) is 11.8 Å². The Balaban J connectivity index is 5.10. The third kappa shape index (κ3) is 7.67. The normalized spacial score (nSPS) is 17.4. The predicted octanol–water partition coefficient (Wildman–Crippen LogP) is 5.13. The average Bonchev–Trinajstić information content (AvgIpc) is 2.11. The summed E-state index contributed by atoms with van der Waals surface area (Å²) >= 11 is 5.21. The molecular weight excluding hydrogens is 296 g/mol. The van der Waals surface area contributed by atoms with E-state index in [2.05, 4.69) is 62.3 Å². The molecule has 1 unspecified atom stereocenters. The number of thiol groups is 1. The van der Waals surface area contributed by atoms with Crippen LogP contribution in [0.15, 0.2) is 0 Å². The van der Waals surface area contributed by atoms with Gasteiger partial charge in [-0.05, 0) is 43.2 Å². The van der Waals surface area contributed by atoms with E-state index in [-0.39, 0.29) is 14.6 Å². The van der Waals surface area contributed by atoms with E-state index in [1.165, 1.54) is 12.5 Å². The smallest absolute Gasteiger partial charge is 0.229 e. The van der Waals surface area contributed by atoms with Crippen LogP contribution in [-0.4, -0.2) is 21.6 Å². The third-order valence-electron chi connectivity index (χ3n) is 4.34. The monoisotopic (exact) mass is 334 g/mol. The molecule has 0 spiro atoms. The fourth-order valence-electron chi connectivity index (χ4n) is 2.87. The summed E-state index contributed by atoms with van der Waals surface area (Å²) in [6.07, 6.45) is 2.32. The second kappa shape index (κ2) is 7.84. The topological polar surface area (TPSA) is 9.23 Å². The van der Waals surface area contributed by atoms with Gasteiger partial charge in [0.1, 0.15) is 0 Å². The summed E-state index contributed by atoms with van der Waals surface area (Å²) in [4.78, 5) is 0. The first-order chi connectivity index (χ1) is 8.83. The second-order valence-electron chi connectivity index (χ2n) is 8.48. The molecule has 0 saturated carbocycles. The molecule has 20 heavy (non-hydrogen) atoms. The van der Waals surface area contributed by atoms with Crippen molar-refractivity contribution in [3.05, 3.63) is 0 Å². The largest absolute Gasteiger partial charge is 0.406 e. The molecule has 0 radical (unpaired) electrons. The van der Waals surface area contributed by atoms with Gasteiger partial charge in [-0.25, -0.2) is 0 Å². The molecule has 0 aliphatic carbocycles. The maximum absolute atomic E-state index is 6.73. The van der Waals surface area contributed by atoms with E-state index in [1.807, 2.05) is 0 Å². The van der Waals surface area contributed by atoms with Crippen LogP contribution in [0.4, 0.5) is 0 Å². The van der Waals surface area contributed by atoms with Crippen molar-refractivity contribution in [3.63, 3.8) is 0 Å². The summed E-state index contributed by atoms with van der Waals surface area (Å²) in [6, 6.07) is 1.20. The maximum Gasteiger partial charge on any atom is 0.229 e. The number of rotatable bonds is 9. The van der Waals surface area contributed by atoms with E-state index in [0.717, 1.165) is 12.3 Å². The van der Waals surface area contributed by atoms with Crippen LogP contribution in [0.5, 0.6) is 0 Å². The van der Waals surface area contributed by atoms with Crippen LogP contribution in [0.2, 0.25) is 11.1 Å². The van der Waals surface area contributed by atoms with Crippen molar-refractivity contribution in [2.45, 2.75) is 91.8 Å². The van der Waals surface area contributed by atoms with Crippen LogP contribution in [0.1, 0.15) is 75.2 Å². The van der Waals surface area contributed by atoms with E-state index in [0.29, 0.717) is 11.0 Å². The lowest BCUT2D eigenvalue weighted by Crippen LogP contribution is -2.51. The molecule has 0 N–H and O–H groups in total. The Morgan fingerprint density at radius 1 is 1.10 bits per heavy atom. The maximum atomic E-state index is 6.73. The summed E-state index contributed by atoms with van der Waals surface area (Å²) in [5.41, 5.74) is -0.00231. The Kier molecular flexibility index (Phi) is 8.13. The highest BCUT2D eigenvalue weighted by Crippen LogP contribution is 2.40. The van der Waals surface area contributed by atoms with Crippen LogP contribution >= 0.6 is 12.1 Å². The van der Waals surface area contributed by atoms with Gasteiger partial charge in [0.15, 0.2) is 0 Å². The molecule has 4 heteroatoms. The van der Waals surface area contributed by atoms with Gasteiger partial charge in [-0.3, -0.25) is 0 Å². The SMILES string of the molecule is CCCC(C)(C)O[Si](S)(CC(C)C)[SiH2]C(C)(C)C(C)C. The fraction of sp³-hybridized carbons (Fsp3) is 1.00. The van der Waals surface area contributed by atoms with Gasteiger partial charge < -0.3 is 4.43 Å². The van der Waals surface area contributed by atoms with Crippen molar-refractivity contribution < 1.29 is 4.43 Å². The first-order valence-corrected chi connectivity index (χ1v) is 14.7. The fourth-order valence-corrected chi connectivity index (χ4v) is 22.0. The lowest BCUT2D eigenvalue weighted by molar-refractivity contribution is 0.0969. The molecular formula is C16H38OSSi2. The molecule has 0 aliphatic rings. The summed E-state index contributed by atoms with van der Waals surface area (Å²) < 4.78 is 6.73. The van der Waals surface area contributed by atoms with Gasteiger partial charge in [-0.15, -0.1) is 0 Å². The van der Waals surface area contributed by atoms with E-state index >= 15 is 0 Å². The minimum atomic E-state index is -1.85. The molecule has 0 saturated heterocycles. The van der Waals surface area contributed by atoms with Gasteiger partial charge in [0.2, 0.25) is 6.98 Å². The average molecular weight is 335 g/mol. The van der Waals surface area contributed by atoms with Gasteiger partial charge >= 0.3 is 0 Å². The Morgan fingerprint density at radius 2 is 1.60 bits per heavy atom. The lowest BCUT2D eigenvalue weighted by Gasteiger charge is -2.42. The Bertz CT molecular complexity index is 290. The molecule has 0 heterocycles. The van der Waals surface area contributed by atoms with Crippen molar-refractivity contribution in [1.82, 2.24) is 0 Å². The second-order valence-corrected chi connectivity index (χ2v) is 21.9. The molecule has 1 atom stereocenters. The van der Waals surface area contributed by atoms with Crippen LogP contribution in [0, 0.1) is 11.8 Å². The molecule has 0 aromatic heterocycles. The lowest BCUT2D eigenvalue weighted by atomic mass is 9.99. The number of hydrogen-bond acceptors (Lipinski definition) is 2. The zero-order valence-corrected chi connectivity index (χ0v) is 18.6. The quantitative estimate of drug-likeness (QED) is 0.454. The van der Waals surface area contributed by atoms with Crippen molar-refractivity contribution in [2.75, 3.05) is 0 Å². The minimum absolute atomic E-state index is 0.00231. The van der Waals surface area contributed by atoms with E-state index in [9.17, 15) is 0 Å². The molecule has 1 nitrogen and oxygen atoms in total. The molecule has 0 aromatic rings. The summed E-state index contributed by atoms with van der Waals surface area (Å²) in [5, 5.41) is 0.436. The van der Waals surface area contributed by atoms with Crippen molar-refractivity contribution in [3.8, 4) is 0 Å². The molecule has 122 valence electrons. The standard InChI is InChI=1S/C16H38OSSi2/c1-10-11-15(6,7)17-20(18,12-13(2)3)19-16(8,9)14(4)5/h13-14,18H,10-12,19H2,1-9H3. The first-order valence-electron chi connectivity index (χ1n) is 8.26. The minimum Gasteiger partial charge on any atom is -0.406 e. The highest BCUT2D eigenvalue weighted by molar-refractivity contribution is 8.19. The molecule has 0 amide bonds. The first kappa shape index (κ1) is 20.7. The van der Waals surface area contributed by atoms with Gasteiger partial charge in [-0.2, -0.15) is 12.1 Å². The molecule has 0 aromatic carbocycles. The highest BCUT2D eigenvalue weighted by Gasteiger charge is 2.43. The van der Waals surface area contributed by atoms with Crippen molar-refractivity contribution >= 4 is 28.1 Å². The third-order valence-corrected chi connectivity index (χ3v) is 16.9. The summed E-state index contributed by atoms with van der Waals surface area (Å²) in [7, 11) is -0.349. The molecule has 0 fully saturated rings. The van der Waals surface area contributed by atoms with Crippen LogP contribution < -0.4 is 0 Å². The van der Waals surface area contributed by atoms with Gasteiger partial charge in [0.25, 0.3) is 0 Å². The molecule has 0 bridgehead atoms. The highest BCUT2D eigenvalue weighted by atomic mass is 32.3. The zero-order chi connectivity index (χ0) is 16.2. The Labute approximate surface area is 136 Å². The van der Waals surface area contributed by atoms with Gasteiger partial charge in [0, 0.05) is 0 Å². The van der Waals surface area contributed by atoms with Gasteiger partial charge in [-0.1, -0.05) is 54.9 Å². The molecule has 0 aliphatic heterocycles. The van der Waals surface area contributed by atoms with E-state index < -0.39 is 6.98 Å². The van der Waals surface area contributed by atoms with Crippen LogP contribution in [0.25, 0.3) is 0 Å². The number of hydrogen-bond donors (Lipinski definition) is 1. The zero-order valence-electron chi connectivity index (χ0n) is 15.3. The summed E-state index contributed by atoms with van der Waals surface area (Å²) in [6.45, 7) is 19.1. The van der Waals surface area contributed by atoms with E-state index in [4.69, 9.17) is 16.5 Å².